The van der Waals surface area contributed by atoms with Crippen LogP contribution < -0.4 is 10.6 Å². The quantitative estimate of drug-likeness (QED) is 0.513. The molecule has 1 fully saturated rings. The average Bonchev–Trinajstić information content (AvgIpc) is 3.37. The maximum absolute atomic E-state index is 12.5. The molecule has 0 heterocycles. The lowest BCUT2D eigenvalue weighted by Gasteiger charge is -2.17. The SMILES string of the molecule is CC(CNC(=O)C[C@H]1CC[C@@H](NC(=O)OCC2c3ccccc3-c3ccccc32)C1)CC(=O)O. The maximum atomic E-state index is 12.5. The third kappa shape index (κ3) is 5.76. The molecule has 0 bridgehead atoms. The van der Waals surface area contributed by atoms with Crippen molar-refractivity contribution in [2.75, 3.05) is 13.2 Å². The van der Waals surface area contributed by atoms with Gasteiger partial charge < -0.3 is 20.5 Å². The molecule has 2 aromatic carbocycles. The molecule has 4 rings (SSSR count). The first-order valence-corrected chi connectivity index (χ1v) is 12.0. The number of hydrogen-bond donors (Lipinski definition) is 3. The van der Waals surface area contributed by atoms with Gasteiger partial charge in [-0.05, 0) is 53.4 Å². The molecule has 7 heteroatoms. The normalized spacial score (nSPS) is 19.7. The van der Waals surface area contributed by atoms with Crippen LogP contribution in [0.2, 0.25) is 0 Å². The molecule has 2 aliphatic rings. The fraction of sp³-hybridized carbons (Fsp3) is 0.444. The van der Waals surface area contributed by atoms with Crippen molar-refractivity contribution >= 4 is 18.0 Å². The second-order valence-corrected chi connectivity index (χ2v) is 9.56. The van der Waals surface area contributed by atoms with Crippen LogP contribution in [-0.4, -0.2) is 42.3 Å². The summed E-state index contributed by atoms with van der Waals surface area (Å²) in [6.07, 6.45) is 2.43. The largest absolute Gasteiger partial charge is 0.481 e. The van der Waals surface area contributed by atoms with Gasteiger partial charge in [0.25, 0.3) is 0 Å². The van der Waals surface area contributed by atoms with Gasteiger partial charge in [0.2, 0.25) is 5.91 Å². The van der Waals surface area contributed by atoms with E-state index in [1.807, 2.05) is 24.3 Å². The number of nitrogens with one attached hydrogen (secondary N) is 2. The van der Waals surface area contributed by atoms with E-state index in [2.05, 4.69) is 34.9 Å². The van der Waals surface area contributed by atoms with Crippen LogP contribution >= 0.6 is 0 Å². The average molecular weight is 465 g/mol. The first kappa shape index (κ1) is 23.8. The third-order valence-corrected chi connectivity index (χ3v) is 6.85. The summed E-state index contributed by atoms with van der Waals surface area (Å²) < 4.78 is 5.64. The Morgan fingerprint density at radius 3 is 2.32 bits per heavy atom. The number of aliphatic carboxylic acids is 1. The van der Waals surface area contributed by atoms with Crippen molar-refractivity contribution in [1.82, 2.24) is 10.6 Å². The number of carboxylic acids is 1. The molecule has 0 spiro atoms. The Labute approximate surface area is 199 Å². The van der Waals surface area contributed by atoms with Crippen molar-refractivity contribution in [3.63, 3.8) is 0 Å². The van der Waals surface area contributed by atoms with Crippen LogP contribution in [0.5, 0.6) is 0 Å². The second kappa shape index (κ2) is 10.7. The van der Waals surface area contributed by atoms with Crippen LogP contribution in [0.4, 0.5) is 4.79 Å². The summed E-state index contributed by atoms with van der Waals surface area (Å²) in [5.74, 6) is -0.799. The van der Waals surface area contributed by atoms with Crippen LogP contribution in [0.3, 0.4) is 0 Å². The highest BCUT2D eigenvalue weighted by atomic mass is 16.5. The summed E-state index contributed by atoms with van der Waals surface area (Å²) in [5, 5.41) is 14.6. The number of ether oxygens (including phenoxy) is 1. The van der Waals surface area contributed by atoms with E-state index in [0.717, 1.165) is 19.3 Å². The van der Waals surface area contributed by atoms with Crippen molar-refractivity contribution in [3.8, 4) is 11.1 Å². The fourth-order valence-corrected chi connectivity index (χ4v) is 5.19. The van der Waals surface area contributed by atoms with Gasteiger partial charge in [0.1, 0.15) is 6.61 Å². The predicted octanol–water partition coefficient (Wildman–Crippen LogP) is 4.31. The molecule has 7 nitrogen and oxygen atoms in total. The second-order valence-electron chi connectivity index (χ2n) is 9.56. The molecular weight excluding hydrogens is 432 g/mol. The van der Waals surface area contributed by atoms with Crippen LogP contribution in [0.25, 0.3) is 11.1 Å². The van der Waals surface area contributed by atoms with Gasteiger partial charge in [-0.3, -0.25) is 9.59 Å². The van der Waals surface area contributed by atoms with Crippen LogP contribution in [-0.2, 0) is 14.3 Å². The summed E-state index contributed by atoms with van der Waals surface area (Å²) >= 11 is 0. The number of rotatable bonds is 9. The lowest BCUT2D eigenvalue weighted by atomic mass is 9.98. The number of hydrogen-bond acceptors (Lipinski definition) is 4. The first-order chi connectivity index (χ1) is 16.4. The van der Waals surface area contributed by atoms with Crippen molar-refractivity contribution in [1.29, 1.82) is 0 Å². The smallest absolute Gasteiger partial charge is 0.407 e. The molecule has 0 saturated heterocycles. The monoisotopic (exact) mass is 464 g/mol. The Kier molecular flexibility index (Phi) is 7.50. The Balaban J connectivity index is 1.21. The highest BCUT2D eigenvalue weighted by molar-refractivity contribution is 5.79. The molecular formula is C27H32N2O5. The minimum absolute atomic E-state index is 0.000570. The zero-order valence-corrected chi connectivity index (χ0v) is 19.5. The van der Waals surface area contributed by atoms with Gasteiger partial charge in [-0.25, -0.2) is 4.79 Å². The van der Waals surface area contributed by atoms with Gasteiger partial charge in [0.15, 0.2) is 0 Å². The van der Waals surface area contributed by atoms with Crippen molar-refractivity contribution in [2.45, 2.75) is 51.0 Å². The van der Waals surface area contributed by atoms with Gasteiger partial charge in [-0.2, -0.15) is 0 Å². The molecule has 2 amide bonds. The summed E-state index contributed by atoms with van der Waals surface area (Å²) in [6, 6.07) is 16.5. The van der Waals surface area contributed by atoms with E-state index in [0.29, 0.717) is 13.0 Å². The molecule has 0 radical (unpaired) electrons. The molecule has 2 aliphatic carbocycles. The van der Waals surface area contributed by atoms with Crippen molar-refractivity contribution in [2.24, 2.45) is 11.8 Å². The number of amides is 2. The number of benzene rings is 2. The van der Waals surface area contributed by atoms with Crippen LogP contribution in [0, 0.1) is 11.8 Å². The van der Waals surface area contributed by atoms with Gasteiger partial charge in [0.05, 0.1) is 0 Å². The minimum Gasteiger partial charge on any atom is -0.481 e. The molecule has 1 saturated carbocycles. The van der Waals surface area contributed by atoms with Crippen LogP contribution in [0.15, 0.2) is 48.5 Å². The van der Waals surface area contributed by atoms with Crippen molar-refractivity contribution in [3.05, 3.63) is 59.7 Å². The number of carbonyl (C=O) groups excluding carboxylic acids is 2. The lowest BCUT2D eigenvalue weighted by molar-refractivity contribution is -0.138. The first-order valence-electron chi connectivity index (χ1n) is 12.0. The Bertz CT molecular complexity index is 1010. The highest BCUT2D eigenvalue weighted by Crippen LogP contribution is 2.44. The van der Waals surface area contributed by atoms with Crippen molar-refractivity contribution < 1.29 is 24.2 Å². The van der Waals surface area contributed by atoms with Gasteiger partial charge >= 0.3 is 12.1 Å². The van der Waals surface area contributed by atoms with E-state index in [4.69, 9.17) is 9.84 Å². The van der Waals surface area contributed by atoms with E-state index < -0.39 is 12.1 Å². The number of fused-ring (bicyclic) bond motifs is 3. The summed E-state index contributed by atoms with van der Waals surface area (Å²) in [7, 11) is 0. The van der Waals surface area contributed by atoms with E-state index in [1.54, 1.807) is 6.92 Å². The molecule has 2 aromatic rings. The van der Waals surface area contributed by atoms with Gasteiger partial charge in [-0.1, -0.05) is 55.5 Å². The Hall–Kier alpha value is -3.35. The molecule has 0 aliphatic heterocycles. The maximum Gasteiger partial charge on any atom is 0.407 e. The number of carbonyl (C=O) groups is 3. The standard InChI is InChI=1S/C27H32N2O5/c1-17(12-26(31)32)15-28-25(30)14-18-10-11-19(13-18)29-27(33)34-16-24-22-8-4-2-6-20(22)21-7-3-5-9-23(21)24/h2-9,17-19,24H,10-16H2,1H3,(H,28,30)(H,29,33)(H,31,32)/t17?,18-,19+/m0/s1. The minimum atomic E-state index is -0.861. The third-order valence-electron chi connectivity index (χ3n) is 6.85. The van der Waals surface area contributed by atoms with Gasteiger partial charge in [-0.15, -0.1) is 0 Å². The summed E-state index contributed by atoms with van der Waals surface area (Å²) in [4.78, 5) is 35.4. The van der Waals surface area contributed by atoms with E-state index in [9.17, 15) is 14.4 Å². The fourth-order valence-electron chi connectivity index (χ4n) is 5.19. The molecule has 3 N–H and O–H groups in total. The summed E-state index contributed by atoms with van der Waals surface area (Å²) in [6.45, 7) is 2.45. The lowest BCUT2D eigenvalue weighted by Crippen LogP contribution is -2.34. The Morgan fingerprint density at radius 2 is 1.68 bits per heavy atom. The molecule has 180 valence electrons. The highest BCUT2D eigenvalue weighted by Gasteiger charge is 2.31. The van der Waals surface area contributed by atoms with E-state index in [1.165, 1.54) is 22.3 Å². The van der Waals surface area contributed by atoms with Gasteiger partial charge in [0, 0.05) is 31.3 Å². The number of alkyl carbamates (subject to hydrolysis) is 1. The molecule has 3 atom stereocenters. The van der Waals surface area contributed by atoms with E-state index >= 15 is 0 Å². The number of carboxylic acid groups (broad SMARTS) is 1. The zero-order valence-electron chi connectivity index (χ0n) is 19.5. The molecule has 1 unspecified atom stereocenters. The zero-order chi connectivity index (χ0) is 24.1. The van der Waals surface area contributed by atoms with E-state index in [-0.39, 0.29) is 42.7 Å². The molecule has 0 aromatic heterocycles. The molecule has 34 heavy (non-hydrogen) atoms. The summed E-state index contributed by atoms with van der Waals surface area (Å²) in [5.41, 5.74) is 4.75. The Morgan fingerprint density at radius 1 is 1.03 bits per heavy atom. The predicted molar refractivity (Wildman–Crippen MR) is 128 cm³/mol. The van der Waals surface area contributed by atoms with Crippen LogP contribution in [0.1, 0.15) is 56.1 Å². The topological polar surface area (TPSA) is 105 Å².